The van der Waals surface area contributed by atoms with Crippen LogP contribution in [0.4, 0.5) is 0 Å². The summed E-state index contributed by atoms with van der Waals surface area (Å²) in [5.41, 5.74) is 1.26. The van der Waals surface area contributed by atoms with Gasteiger partial charge in [-0.15, -0.1) is 0 Å². The van der Waals surface area contributed by atoms with Gasteiger partial charge in [0.2, 0.25) is 5.89 Å². The van der Waals surface area contributed by atoms with Gasteiger partial charge in [-0.05, 0) is 25.0 Å². The van der Waals surface area contributed by atoms with E-state index < -0.39 is 0 Å². The Morgan fingerprint density at radius 3 is 2.40 bits per heavy atom. The van der Waals surface area contributed by atoms with Crippen LogP contribution in [0.1, 0.15) is 37.2 Å². The second kappa shape index (κ2) is 6.89. The topological polar surface area (TPSA) is 46.3 Å². The lowest BCUT2D eigenvalue weighted by molar-refractivity contribution is 0.0749. The number of amides is 1. The number of rotatable bonds is 6. The largest absolute Gasteiger partial charge is 0.444 e. The van der Waals surface area contributed by atoms with E-state index in [1.807, 2.05) is 35.2 Å². The van der Waals surface area contributed by atoms with Crippen molar-refractivity contribution >= 4 is 5.91 Å². The molecule has 1 amide bonds. The number of carbonyl (C=O) groups excluding carboxylic acids is 1. The number of carbonyl (C=O) groups is 1. The third-order valence-electron chi connectivity index (χ3n) is 3.02. The minimum absolute atomic E-state index is 0.0559. The van der Waals surface area contributed by atoms with E-state index in [4.69, 9.17) is 4.42 Å². The highest BCUT2D eigenvalue weighted by molar-refractivity contribution is 5.92. The summed E-state index contributed by atoms with van der Waals surface area (Å²) in [6.07, 6.45) is 3.33. The summed E-state index contributed by atoms with van der Waals surface area (Å²) >= 11 is 0. The van der Waals surface area contributed by atoms with Crippen molar-refractivity contribution in [3.05, 3.63) is 42.3 Å². The van der Waals surface area contributed by atoms with Crippen molar-refractivity contribution < 1.29 is 9.21 Å². The average Bonchev–Trinajstić information content (AvgIpc) is 2.97. The molecule has 0 atom stereocenters. The van der Waals surface area contributed by atoms with E-state index in [9.17, 15) is 4.79 Å². The zero-order valence-electron chi connectivity index (χ0n) is 12.0. The summed E-state index contributed by atoms with van der Waals surface area (Å²) in [7, 11) is 0. The van der Waals surface area contributed by atoms with E-state index >= 15 is 0 Å². The summed E-state index contributed by atoms with van der Waals surface area (Å²) in [6.45, 7) is 5.63. The zero-order valence-corrected chi connectivity index (χ0v) is 12.0. The molecule has 4 nitrogen and oxygen atoms in total. The Labute approximate surface area is 119 Å². The predicted molar refractivity (Wildman–Crippen MR) is 78.4 cm³/mol. The van der Waals surface area contributed by atoms with Crippen molar-refractivity contribution in [1.82, 2.24) is 9.88 Å². The Morgan fingerprint density at radius 2 is 1.80 bits per heavy atom. The molecular weight excluding hydrogens is 252 g/mol. The van der Waals surface area contributed by atoms with Gasteiger partial charge in [0.25, 0.3) is 5.91 Å². The maximum atomic E-state index is 12.4. The molecule has 0 saturated carbocycles. The van der Waals surface area contributed by atoms with Crippen LogP contribution in [0.2, 0.25) is 0 Å². The molecular formula is C16H20N2O2. The summed E-state index contributed by atoms with van der Waals surface area (Å²) in [5.74, 6) is 0.432. The molecule has 0 radical (unpaired) electrons. The van der Waals surface area contributed by atoms with Crippen LogP contribution in [0.3, 0.4) is 0 Å². The fourth-order valence-corrected chi connectivity index (χ4v) is 2.10. The molecule has 1 heterocycles. The standard InChI is InChI=1S/C16H20N2O2/c1-3-10-18(11-4-2)16(19)14-12-20-15(17-14)13-8-6-5-7-9-13/h5-9,12H,3-4,10-11H2,1-2H3. The number of aromatic nitrogens is 1. The fourth-order valence-electron chi connectivity index (χ4n) is 2.10. The summed E-state index contributed by atoms with van der Waals surface area (Å²) in [4.78, 5) is 18.5. The van der Waals surface area contributed by atoms with Gasteiger partial charge in [-0.1, -0.05) is 32.0 Å². The van der Waals surface area contributed by atoms with Gasteiger partial charge in [0.15, 0.2) is 5.69 Å². The molecule has 0 bridgehead atoms. The van der Waals surface area contributed by atoms with E-state index in [-0.39, 0.29) is 5.91 Å². The second-order valence-corrected chi connectivity index (χ2v) is 4.70. The van der Waals surface area contributed by atoms with Crippen molar-refractivity contribution in [2.75, 3.05) is 13.1 Å². The van der Waals surface area contributed by atoms with Crippen molar-refractivity contribution in [2.45, 2.75) is 26.7 Å². The molecule has 0 unspecified atom stereocenters. The maximum Gasteiger partial charge on any atom is 0.275 e. The smallest absolute Gasteiger partial charge is 0.275 e. The summed E-state index contributed by atoms with van der Waals surface area (Å²) < 4.78 is 5.42. The summed E-state index contributed by atoms with van der Waals surface area (Å²) in [6, 6.07) is 9.59. The lowest BCUT2D eigenvalue weighted by Gasteiger charge is -2.19. The molecule has 106 valence electrons. The van der Waals surface area contributed by atoms with Gasteiger partial charge in [-0.25, -0.2) is 4.98 Å². The first kappa shape index (κ1) is 14.3. The van der Waals surface area contributed by atoms with Gasteiger partial charge in [0, 0.05) is 18.7 Å². The second-order valence-electron chi connectivity index (χ2n) is 4.70. The first-order valence-electron chi connectivity index (χ1n) is 7.06. The monoisotopic (exact) mass is 272 g/mol. The average molecular weight is 272 g/mol. The Hall–Kier alpha value is -2.10. The van der Waals surface area contributed by atoms with Crippen molar-refractivity contribution in [1.29, 1.82) is 0 Å². The minimum atomic E-state index is -0.0559. The first-order valence-corrected chi connectivity index (χ1v) is 7.06. The molecule has 0 spiro atoms. The van der Waals surface area contributed by atoms with E-state index in [1.54, 1.807) is 0 Å². The van der Waals surface area contributed by atoms with Crippen LogP contribution < -0.4 is 0 Å². The van der Waals surface area contributed by atoms with Crippen LogP contribution >= 0.6 is 0 Å². The van der Waals surface area contributed by atoms with Gasteiger partial charge < -0.3 is 9.32 Å². The zero-order chi connectivity index (χ0) is 14.4. The third-order valence-corrected chi connectivity index (χ3v) is 3.02. The molecule has 2 aromatic rings. The SMILES string of the molecule is CCCN(CCC)C(=O)c1coc(-c2ccccc2)n1. The number of hydrogen-bond donors (Lipinski definition) is 0. The molecule has 0 aliphatic rings. The molecule has 0 N–H and O–H groups in total. The highest BCUT2D eigenvalue weighted by atomic mass is 16.3. The molecule has 4 heteroatoms. The van der Waals surface area contributed by atoms with Gasteiger partial charge in [-0.3, -0.25) is 4.79 Å². The fraction of sp³-hybridized carbons (Fsp3) is 0.375. The van der Waals surface area contributed by atoms with Crippen LogP contribution in [-0.4, -0.2) is 28.9 Å². The van der Waals surface area contributed by atoms with Gasteiger partial charge in [0.05, 0.1) is 0 Å². The molecule has 0 fully saturated rings. The molecule has 1 aromatic carbocycles. The lowest BCUT2D eigenvalue weighted by Crippen LogP contribution is -2.32. The van der Waals surface area contributed by atoms with E-state index in [1.165, 1.54) is 6.26 Å². The van der Waals surface area contributed by atoms with E-state index in [2.05, 4.69) is 18.8 Å². The molecule has 0 saturated heterocycles. The number of oxazole rings is 1. The van der Waals surface area contributed by atoms with E-state index in [0.717, 1.165) is 31.5 Å². The van der Waals surface area contributed by atoms with Gasteiger partial charge in [-0.2, -0.15) is 0 Å². The molecule has 0 aliphatic heterocycles. The third kappa shape index (κ3) is 3.26. The highest BCUT2D eigenvalue weighted by Gasteiger charge is 2.18. The molecule has 0 aliphatic carbocycles. The van der Waals surface area contributed by atoms with Crippen molar-refractivity contribution in [3.63, 3.8) is 0 Å². The Kier molecular flexibility index (Phi) is 4.93. The van der Waals surface area contributed by atoms with Crippen molar-refractivity contribution in [2.24, 2.45) is 0 Å². The van der Waals surface area contributed by atoms with Gasteiger partial charge >= 0.3 is 0 Å². The van der Waals surface area contributed by atoms with Crippen LogP contribution in [0.25, 0.3) is 11.5 Å². The first-order chi connectivity index (χ1) is 9.76. The minimum Gasteiger partial charge on any atom is -0.444 e. The number of hydrogen-bond acceptors (Lipinski definition) is 3. The van der Waals surface area contributed by atoms with Crippen LogP contribution in [0.15, 0.2) is 41.0 Å². The summed E-state index contributed by atoms with van der Waals surface area (Å²) in [5, 5.41) is 0. The van der Waals surface area contributed by atoms with Gasteiger partial charge in [0.1, 0.15) is 6.26 Å². The Balaban J connectivity index is 2.17. The lowest BCUT2D eigenvalue weighted by atomic mass is 10.2. The normalized spacial score (nSPS) is 10.5. The molecule has 20 heavy (non-hydrogen) atoms. The number of nitrogens with zero attached hydrogens (tertiary/aromatic N) is 2. The molecule has 1 aromatic heterocycles. The quantitative estimate of drug-likeness (QED) is 0.807. The highest BCUT2D eigenvalue weighted by Crippen LogP contribution is 2.18. The molecule has 2 rings (SSSR count). The maximum absolute atomic E-state index is 12.4. The number of benzene rings is 1. The van der Waals surface area contributed by atoms with Crippen LogP contribution in [0, 0.1) is 0 Å². The van der Waals surface area contributed by atoms with Crippen LogP contribution in [0.5, 0.6) is 0 Å². The Morgan fingerprint density at radius 1 is 1.15 bits per heavy atom. The predicted octanol–water partition coefficient (Wildman–Crippen LogP) is 3.60. The van der Waals surface area contributed by atoms with E-state index in [0.29, 0.717) is 11.6 Å². The van der Waals surface area contributed by atoms with Crippen LogP contribution in [-0.2, 0) is 0 Å². The van der Waals surface area contributed by atoms with Crippen molar-refractivity contribution in [3.8, 4) is 11.5 Å². The Bertz CT molecular complexity index is 543.